The van der Waals surface area contributed by atoms with E-state index in [1.165, 1.54) is 12.1 Å². The van der Waals surface area contributed by atoms with Crippen LogP contribution in [-0.4, -0.2) is 19.1 Å². The monoisotopic (exact) mass is 840 g/mol. The third kappa shape index (κ3) is 6.49. The van der Waals surface area contributed by atoms with Gasteiger partial charge in [-0.3, -0.25) is 0 Å². The molecule has 0 aliphatic rings. The van der Waals surface area contributed by atoms with Crippen LogP contribution in [0.3, 0.4) is 0 Å². The van der Waals surface area contributed by atoms with Crippen LogP contribution in [0, 0.1) is 18.6 Å². The molecule has 0 aliphatic carbocycles. The fourth-order valence-corrected chi connectivity index (χ4v) is 9.66. The molecule has 0 saturated heterocycles. The molecule has 4 aromatic heterocycles. The summed E-state index contributed by atoms with van der Waals surface area (Å²) < 4.78 is 35.0. The molecule has 0 saturated carbocycles. The van der Waals surface area contributed by atoms with Crippen LogP contribution in [-0.2, 0) is 0 Å². The molecule has 0 bridgehead atoms. The van der Waals surface area contributed by atoms with E-state index in [0.29, 0.717) is 11.1 Å². The molecule has 4 nitrogen and oxygen atoms in total. The molecule has 0 N–H and O–H groups in total. The van der Waals surface area contributed by atoms with Crippen molar-refractivity contribution in [2.24, 2.45) is 0 Å². The van der Waals surface area contributed by atoms with E-state index < -0.39 is 11.6 Å². The maximum Gasteiger partial charge on any atom is 0.126 e. The number of nitrogens with zero attached hydrogens (tertiary/aromatic N) is 4. The van der Waals surface area contributed by atoms with Crippen molar-refractivity contribution in [3.63, 3.8) is 0 Å². The molecule has 4 heterocycles. The van der Waals surface area contributed by atoms with Gasteiger partial charge in [0.1, 0.15) is 11.6 Å². The number of hydrogen-bond donors (Lipinski definition) is 0. The summed E-state index contributed by atoms with van der Waals surface area (Å²) in [5.41, 5.74) is 15.6. The highest BCUT2D eigenvalue weighted by Gasteiger charge is 2.23. The van der Waals surface area contributed by atoms with E-state index >= 15 is 8.78 Å². The van der Waals surface area contributed by atoms with Gasteiger partial charge in [-0.1, -0.05) is 127 Å². The Labute approximate surface area is 374 Å². The maximum absolute atomic E-state index is 15.2. The second-order valence-electron chi connectivity index (χ2n) is 16.5. The van der Waals surface area contributed by atoms with Crippen molar-refractivity contribution in [2.45, 2.75) is 6.92 Å². The van der Waals surface area contributed by atoms with E-state index in [-0.39, 0.29) is 0 Å². The van der Waals surface area contributed by atoms with E-state index in [0.717, 1.165) is 112 Å². The Morgan fingerprint density at radius 2 is 0.785 bits per heavy atom. The number of pyridine rings is 2. The second-order valence-corrected chi connectivity index (χ2v) is 16.5. The van der Waals surface area contributed by atoms with E-state index in [9.17, 15) is 0 Å². The van der Waals surface area contributed by atoms with Crippen molar-refractivity contribution in [3.05, 3.63) is 230 Å². The van der Waals surface area contributed by atoms with Gasteiger partial charge in [0, 0.05) is 55.4 Å². The molecule has 0 amide bonds. The highest BCUT2D eigenvalue weighted by atomic mass is 19.1. The lowest BCUT2D eigenvalue weighted by Crippen LogP contribution is -2.06. The molecule has 0 spiro atoms. The summed E-state index contributed by atoms with van der Waals surface area (Å²) >= 11 is 0. The van der Waals surface area contributed by atoms with Crippen molar-refractivity contribution in [1.82, 2.24) is 19.1 Å². The van der Waals surface area contributed by atoms with Crippen LogP contribution in [0.25, 0.3) is 111 Å². The predicted molar refractivity (Wildman–Crippen MR) is 263 cm³/mol. The molecular weight excluding hydrogens is 803 g/mol. The van der Waals surface area contributed by atoms with E-state index in [1.54, 1.807) is 0 Å². The first-order valence-corrected chi connectivity index (χ1v) is 21.7. The average Bonchev–Trinajstić information content (AvgIpc) is 3.86. The first-order chi connectivity index (χ1) is 32.0. The average molecular weight is 841 g/mol. The third-order valence-electron chi connectivity index (χ3n) is 12.6. The summed E-state index contributed by atoms with van der Waals surface area (Å²) in [6, 6.07) is 70.4. The maximum atomic E-state index is 15.2. The van der Waals surface area contributed by atoms with Crippen molar-refractivity contribution in [2.75, 3.05) is 0 Å². The molecule has 6 heteroatoms. The molecule has 0 aliphatic heterocycles. The lowest BCUT2D eigenvalue weighted by Gasteiger charge is -2.21. The van der Waals surface area contributed by atoms with Crippen molar-refractivity contribution < 1.29 is 8.78 Å². The second kappa shape index (κ2) is 15.4. The Morgan fingerprint density at radius 1 is 0.338 bits per heavy atom. The lowest BCUT2D eigenvalue weighted by molar-refractivity contribution is 0.584. The van der Waals surface area contributed by atoms with Gasteiger partial charge in [0.15, 0.2) is 0 Å². The number of rotatable bonds is 7. The van der Waals surface area contributed by atoms with Gasteiger partial charge in [0.2, 0.25) is 0 Å². The van der Waals surface area contributed by atoms with Crippen LogP contribution in [0.2, 0.25) is 0 Å². The molecule has 65 heavy (non-hydrogen) atoms. The zero-order valence-corrected chi connectivity index (χ0v) is 35.3. The van der Waals surface area contributed by atoms with Gasteiger partial charge in [-0.15, -0.1) is 0 Å². The van der Waals surface area contributed by atoms with Crippen LogP contribution in [0.1, 0.15) is 5.56 Å². The number of hydrogen-bond acceptors (Lipinski definition) is 2. The number of aromatic nitrogens is 4. The van der Waals surface area contributed by atoms with E-state index in [4.69, 9.17) is 9.97 Å². The van der Waals surface area contributed by atoms with Crippen molar-refractivity contribution in [1.29, 1.82) is 0 Å². The molecule has 0 radical (unpaired) electrons. The minimum absolute atomic E-state index is 0.453. The van der Waals surface area contributed by atoms with Gasteiger partial charge in [0.25, 0.3) is 0 Å². The standard InChI is InChI=1S/C59H38F2N4/c1-37-54(64-55-24-10-8-18-46(55)48-34-40(26-29-57(48)64)52-22-12-20-50(62-52)38-14-4-2-5-15-38)31-28-45(42-32-43(60)36-44(61)33-42)59(37)65-56-25-11-9-19-47(56)49-35-41(27-30-58(49)65)53-23-13-21-51(63-53)39-16-6-3-7-17-39/h2-36H,1H3. The van der Waals surface area contributed by atoms with Crippen LogP contribution >= 0.6 is 0 Å². The first-order valence-electron chi connectivity index (χ1n) is 21.7. The lowest BCUT2D eigenvalue weighted by atomic mass is 9.98. The summed E-state index contributed by atoms with van der Waals surface area (Å²) in [5, 5.41) is 4.30. The van der Waals surface area contributed by atoms with Gasteiger partial charge in [-0.2, -0.15) is 0 Å². The zero-order chi connectivity index (χ0) is 43.6. The molecular formula is C59H38F2N4. The van der Waals surface area contributed by atoms with Gasteiger partial charge in [-0.05, 0) is 96.9 Å². The fourth-order valence-electron chi connectivity index (χ4n) is 9.66. The van der Waals surface area contributed by atoms with E-state index in [1.807, 2.05) is 72.8 Å². The summed E-state index contributed by atoms with van der Waals surface area (Å²) in [6.45, 7) is 2.12. The first kappa shape index (κ1) is 38.2. The molecule has 0 atom stereocenters. The normalized spacial score (nSPS) is 11.6. The Balaban J connectivity index is 1.08. The molecule has 0 fully saturated rings. The zero-order valence-electron chi connectivity index (χ0n) is 35.3. The van der Waals surface area contributed by atoms with Crippen LogP contribution in [0.15, 0.2) is 212 Å². The van der Waals surface area contributed by atoms with Crippen LogP contribution in [0.5, 0.6) is 0 Å². The predicted octanol–water partition coefficient (Wildman–Crippen LogP) is 15.6. The Morgan fingerprint density at radius 3 is 1.32 bits per heavy atom. The topological polar surface area (TPSA) is 35.6 Å². The molecule has 0 unspecified atom stereocenters. The SMILES string of the molecule is Cc1c(-n2c3ccccc3c3cc(-c4cccc(-c5ccccc5)n4)ccc32)ccc(-c2cc(F)cc(F)c2)c1-n1c2ccccc2c2cc(-c3cccc(-c4ccccc4)n3)ccc21. The van der Waals surface area contributed by atoms with Crippen LogP contribution < -0.4 is 0 Å². The Hall–Kier alpha value is -8.48. The third-order valence-corrected chi connectivity index (χ3v) is 12.6. The molecule has 12 aromatic rings. The van der Waals surface area contributed by atoms with Crippen molar-refractivity contribution in [3.8, 4) is 67.5 Å². The van der Waals surface area contributed by atoms with Gasteiger partial charge in [0.05, 0.1) is 56.2 Å². The highest BCUT2D eigenvalue weighted by molar-refractivity contribution is 6.12. The number of benzene rings is 8. The summed E-state index contributed by atoms with van der Waals surface area (Å²) in [5.74, 6) is -1.27. The summed E-state index contributed by atoms with van der Waals surface area (Å²) in [7, 11) is 0. The number of halogens is 2. The summed E-state index contributed by atoms with van der Waals surface area (Å²) in [6.07, 6.45) is 0. The Kier molecular flexibility index (Phi) is 9.05. The number of para-hydroxylation sites is 2. The van der Waals surface area contributed by atoms with Gasteiger partial charge >= 0.3 is 0 Å². The number of fused-ring (bicyclic) bond motifs is 6. The molecule has 12 rings (SSSR count). The minimum atomic E-state index is -0.633. The molecule has 8 aromatic carbocycles. The van der Waals surface area contributed by atoms with E-state index in [2.05, 4.69) is 137 Å². The fraction of sp³-hybridized carbons (Fsp3) is 0.0169. The smallest absolute Gasteiger partial charge is 0.126 e. The molecule has 308 valence electrons. The van der Waals surface area contributed by atoms with Crippen LogP contribution in [0.4, 0.5) is 8.78 Å². The van der Waals surface area contributed by atoms with Crippen molar-refractivity contribution >= 4 is 43.6 Å². The minimum Gasteiger partial charge on any atom is -0.309 e. The quantitative estimate of drug-likeness (QED) is 0.160. The van der Waals surface area contributed by atoms with Gasteiger partial charge < -0.3 is 9.13 Å². The van der Waals surface area contributed by atoms with Gasteiger partial charge in [-0.25, -0.2) is 18.7 Å². The highest BCUT2D eigenvalue weighted by Crippen LogP contribution is 2.43. The Bertz CT molecular complexity index is 3790. The summed E-state index contributed by atoms with van der Waals surface area (Å²) in [4.78, 5) is 10.2. The largest absolute Gasteiger partial charge is 0.309 e.